The van der Waals surface area contributed by atoms with Crippen molar-refractivity contribution in [2.24, 2.45) is 0 Å². The molecule has 28 heteroatoms. The average molecular weight is 1550 g/mol. The number of hydrogen-bond acceptors (Lipinski definition) is 25. The van der Waals surface area contributed by atoms with Crippen LogP contribution in [-0.2, 0) is 0 Å². The molecule has 18 rings (SSSR count). The molecule has 576 valence electrons. The zero-order chi connectivity index (χ0) is 81.0. The minimum Gasteiger partial charge on any atom is -0.467 e. The van der Waals surface area contributed by atoms with Crippen LogP contribution in [0.25, 0.3) is 116 Å². The minimum absolute atomic E-state index is 0.130. The number of nitrogens with one attached hydrogen (secondary N) is 4. The first-order valence-electron chi connectivity index (χ1n) is 37.5. The van der Waals surface area contributed by atoms with Gasteiger partial charge in [-0.1, -0.05) is 97.1 Å². The van der Waals surface area contributed by atoms with Gasteiger partial charge in [0, 0.05) is 101 Å². The third-order valence-corrected chi connectivity index (χ3v) is 19.9. The van der Waals surface area contributed by atoms with Crippen molar-refractivity contribution >= 4 is 101 Å². The Kier molecular flexibility index (Phi) is 20.9. The number of aryl methyl sites for hydroxylation is 3. The lowest BCUT2D eigenvalue weighted by atomic mass is 9.99. The smallest absolute Gasteiger partial charge is 0.316 e. The van der Waals surface area contributed by atoms with Gasteiger partial charge in [0.25, 0.3) is 16.7 Å². The van der Waals surface area contributed by atoms with Crippen molar-refractivity contribution in [1.82, 2.24) is 88.7 Å². The van der Waals surface area contributed by atoms with Crippen molar-refractivity contribution in [3.05, 3.63) is 315 Å². The predicted octanol–water partition coefficient (Wildman–Crippen LogP) is 15.0. The molecule has 12 aromatic heterocycles. The largest absolute Gasteiger partial charge is 0.467 e. The fourth-order valence-electron chi connectivity index (χ4n) is 14.5. The lowest BCUT2D eigenvalue weighted by Crippen LogP contribution is -2.26. The van der Waals surface area contributed by atoms with Crippen LogP contribution >= 0.6 is 0 Å². The topological polar surface area (TPSA) is 369 Å². The van der Waals surface area contributed by atoms with Crippen LogP contribution in [0.2, 0.25) is 0 Å². The molecule has 0 spiro atoms. The Bertz CT molecular complexity index is 7000. The van der Waals surface area contributed by atoms with Crippen molar-refractivity contribution in [3.63, 3.8) is 0 Å². The first-order chi connectivity index (χ1) is 56.9. The third-order valence-electron chi connectivity index (χ3n) is 19.9. The van der Waals surface area contributed by atoms with Gasteiger partial charge in [-0.25, -0.2) is 34.9 Å². The maximum absolute atomic E-state index is 14.4. The molecule has 6 aromatic carbocycles. The van der Waals surface area contributed by atoms with E-state index in [4.69, 9.17) is 16.2 Å². The highest BCUT2D eigenvalue weighted by Crippen LogP contribution is 2.36. The van der Waals surface area contributed by atoms with E-state index in [9.17, 15) is 14.4 Å². The summed E-state index contributed by atoms with van der Waals surface area (Å²) in [5.74, 6) is 3.00. The second kappa shape index (κ2) is 32.5. The van der Waals surface area contributed by atoms with E-state index < -0.39 is 0 Å². The first-order valence-corrected chi connectivity index (χ1v) is 37.5. The molecule has 0 amide bonds. The molecular formula is C89H76N24O4. The predicted molar refractivity (Wildman–Crippen MR) is 459 cm³/mol. The number of ether oxygens (including phenoxy) is 1. The average Bonchev–Trinajstić information content (AvgIpc) is 0.756. The summed E-state index contributed by atoms with van der Waals surface area (Å²) in [4.78, 5) is 100. The molecule has 0 aliphatic heterocycles. The van der Waals surface area contributed by atoms with Crippen molar-refractivity contribution < 1.29 is 4.74 Å². The van der Waals surface area contributed by atoms with E-state index in [0.29, 0.717) is 78.5 Å². The molecule has 0 bridgehead atoms. The maximum atomic E-state index is 14.4. The van der Waals surface area contributed by atoms with Gasteiger partial charge in [-0.05, 0) is 183 Å². The van der Waals surface area contributed by atoms with E-state index in [1.807, 2.05) is 224 Å². The number of aromatic nitrogens is 18. The Morgan fingerprint density at radius 2 is 0.778 bits per heavy atom. The van der Waals surface area contributed by atoms with Gasteiger partial charge in [0.15, 0.2) is 17.5 Å². The number of para-hydroxylation sites is 1. The Balaban J connectivity index is 0.000000131. The lowest BCUT2D eigenvalue weighted by molar-refractivity contribution is 0.380. The third kappa shape index (κ3) is 15.3. The summed E-state index contributed by atoms with van der Waals surface area (Å²) in [5, 5.41) is 25.5. The number of pyridine rings is 6. The second-order valence-corrected chi connectivity index (χ2v) is 27.8. The molecule has 3 atom stereocenters. The highest BCUT2D eigenvalue weighted by molar-refractivity contribution is 5.99. The number of nitrogens with two attached hydrogens (primary N) is 2. The van der Waals surface area contributed by atoms with Crippen LogP contribution in [0.5, 0.6) is 6.01 Å². The van der Waals surface area contributed by atoms with Gasteiger partial charge in [0.05, 0.1) is 70.3 Å². The molecule has 0 unspecified atom stereocenters. The summed E-state index contributed by atoms with van der Waals surface area (Å²) in [7, 11) is 3.29. The summed E-state index contributed by atoms with van der Waals surface area (Å²) in [6.07, 6.45) is 15.2. The van der Waals surface area contributed by atoms with Gasteiger partial charge in [-0.15, -0.1) is 0 Å². The Morgan fingerprint density at radius 3 is 1.20 bits per heavy atom. The number of nitrogen functional groups attached to an aromatic ring is 2. The van der Waals surface area contributed by atoms with Gasteiger partial charge in [-0.2, -0.15) is 25.1 Å². The molecular weight excluding hydrogens is 1470 g/mol. The van der Waals surface area contributed by atoms with Crippen LogP contribution in [0, 0.1) is 20.8 Å². The lowest BCUT2D eigenvalue weighted by Gasteiger charge is -2.22. The van der Waals surface area contributed by atoms with Gasteiger partial charge in [0.2, 0.25) is 17.8 Å². The molecule has 0 fully saturated rings. The zero-order valence-electron chi connectivity index (χ0n) is 64.7. The van der Waals surface area contributed by atoms with E-state index in [0.717, 1.165) is 94.8 Å². The standard InChI is InChI=1S/C30H26N8O2.C30H26N8O.C29H24N8O/c1-18(35-27-26-23(13-8-14-32-26)36-29(31-2)37-27)24-15-19-9-7-12-22(20-16-33-30(40-3)34-17-20)25(19)28(39)38(24)21-10-5-4-6-11-21;1-17-7-4-9-22(13-17)38-25(18(2)35-28-27-24(11-6-12-32-27)36-30(31)37-28)14-20-8-5-10-23(26(20)29(38)39)21-15-33-19(3)34-16-21;1-17-6-3-8-21(14-17)37-24(18(2)34-27-26-23(10-5-12-31-26)35-29(30)36-27)15-19-7-4-9-22(25(19)28(37)38)20-11-13-32-33-16-20/h4-18H,1-3H3,(H2,31,35,36,37);4-16,18H,1-3H3,(H3,31,35,36,37);3-16,18H,1-2H3,(H3,30,34,35,36)/t3*18-/m000/s1. The van der Waals surface area contributed by atoms with E-state index in [1.165, 1.54) is 7.11 Å². The number of nitrogens with zero attached hydrogens (tertiary/aromatic N) is 18. The highest BCUT2D eigenvalue weighted by atomic mass is 16.5. The van der Waals surface area contributed by atoms with Crippen molar-refractivity contribution in [3.8, 4) is 56.5 Å². The summed E-state index contributed by atoms with van der Waals surface area (Å²) in [6.45, 7) is 11.8. The fourth-order valence-corrected chi connectivity index (χ4v) is 14.5. The van der Waals surface area contributed by atoms with Crippen LogP contribution in [-0.4, -0.2) is 103 Å². The monoisotopic (exact) mass is 1540 g/mol. The Morgan fingerprint density at radius 1 is 0.376 bits per heavy atom. The quantitative estimate of drug-likeness (QED) is 0.0493. The molecule has 0 radical (unpaired) electrons. The number of rotatable bonds is 17. The van der Waals surface area contributed by atoms with Crippen LogP contribution < -0.4 is 54.1 Å². The van der Waals surface area contributed by atoms with E-state index >= 15 is 0 Å². The Labute approximate surface area is 668 Å². The Hall–Kier alpha value is -15.7. The highest BCUT2D eigenvalue weighted by Gasteiger charge is 2.26. The van der Waals surface area contributed by atoms with Crippen molar-refractivity contribution in [2.45, 2.75) is 59.7 Å². The summed E-state index contributed by atoms with van der Waals surface area (Å²) in [5.41, 5.74) is 26.7. The maximum Gasteiger partial charge on any atom is 0.316 e. The van der Waals surface area contributed by atoms with Crippen LogP contribution in [0.15, 0.2) is 264 Å². The van der Waals surface area contributed by atoms with Crippen LogP contribution in [0.3, 0.4) is 0 Å². The summed E-state index contributed by atoms with van der Waals surface area (Å²) < 4.78 is 10.4. The molecule has 8 N–H and O–H groups in total. The molecule has 0 aliphatic carbocycles. The number of methoxy groups -OCH3 is 1. The van der Waals surface area contributed by atoms with Gasteiger partial charge in [0.1, 0.15) is 22.4 Å². The van der Waals surface area contributed by atoms with E-state index in [-0.39, 0.29) is 52.7 Å². The molecule has 18 aromatic rings. The molecule has 12 heterocycles. The molecule has 28 nitrogen and oxygen atoms in total. The minimum atomic E-state index is -0.339. The summed E-state index contributed by atoms with van der Waals surface area (Å²) in [6, 6.07) is 61.0. The van der Waals surface area contributed by atoms with Crippen molar-refractivity contribution in [1.29, 1.82) is 0 Å². The first kappa shape index (κ1) is 75.3. The van der Waals surface area contributed by atoms with E-state index in [1.54, 1.807) is 88.7 Å². The zero-order valence-corrected chi connectivity index (χ0v) is 64.7. The number of benzene rings is 6. The van der Waals surface area contributed by atoms with Gasteiger partial charge >= 0.3 is 6.01 Å². The van der Waals surface area contributed by atoms with E-state index in [2.05, 4.69) is 96.3 Å². The van der Waals surface area contributed by atoms with Crippen LogP contribution in [0.4, 0.5) is 35.3 Å². The summed E-state index contributed by atoms with van der Waals surface area (Å²) >= 11 is 0. The van der Waals surface area contributed by atoms with Gasteiger partial charge in [-0.3, -0.25) is 43.0 Å². The number of hydrogen-bond donors (Lipinski definition) is 6. The molecule has 117 heavy (non-hydrogen) atoms. The van der Waals surface area contributed by atoms with Crippen LogP contribution in [0.1, 0.15) is 72.9 Å². The molecule has 0 saturated carbocycles. The SMILES string of the molecule is CNc1nc(N[C@@H](C)c2cc3cccc(-c4cnc(OC)nc4)c3c(=O)n2-c2ccccc2)c2ncccc2n1.Cc1cccc(-n2c([C@H](C)Nc3nc(N)nc4cccnc34)cc3cccc(-c4ccnnc4)c3c2=O)c1.Cc1cccc(-n2c([C@H](C)Nc3nc(N)nc4cccnc34)cc3cccc(-c4cnc(C)nc4)c3c2=O)c1. The number of fused-ring (bicyclic) bond motifs is 6. The van der Waals surface area contributed by atoms with Gasteiger partial charge < -0.3 is 37.5 Å². The number of anilines is 6. The fraction of sp³-hybridized carbons (Fsp3) is 0.124. The normalized spacial score (nSPS) is 12.0. The van der Waals surface area contributed by atoms with Crippen molar-refractivity contribution in [2.75, 3.05) is 46.9 Å². The second-order valence-electron chi connectivity index (χ2n) is 27.8. The molecule has 0 saturated heterocycles. The molecule has 0 aliphatic rings.